The third kappa shape index (κ3) is 2.72. The van der Waals surface area contributed by atoms with E-state index in [-0.39, 0.29) is 5.91 Å². The summed E-state index contributed by atoms with van der Waals surface area (Å²) in [6, 6.07) is 11.1. The van der Waals surface area contributed by atoms with Crippen molar-refractivity contribution in [3.8, 4) is 5.75 Å². The molecule has 0 bridgehead atoms. The lowest BCUT2D eigenvalue weighted by molar-refractivity contribution is 0.102. The Morgan fingerprint density at radius 2 is 2.10 bits per heavy atom. The molecule has 1 amide bonds. The summed E-state index contributed by atoms with van der Waals surface area (Å²) in [7, 11) is 1.62. The highest BCUT2D eigenvalue weighted by atomic mass is 16.5. The number of carbonyl (C=O) groups is 1. The Kier molecular flexibility index (Phi) is 3.31. The van der Waals surface area contributed by atoms with Crippen molar-refractivity contribution in [1.29, 1.82) is 0 Å². The van der Waals surface area contributed by atoms with Crippen LogP contribution in [0.2, 0.25) is 0 Å². The maximum absolute atomic E-state index is 12.2. The van der Waals surface area contributed by atoms with Gasteiger partial charge in [0.1, 0.15) is 17.3 Å². The van der Waals surface area contributed by atoms with Gasteiger partial charge in [0, 0.05) is 17.1 Å². The second kappa shape index (κ2) is 5.28. The van der Waals surface area contributed by atoms with Crippen molar-refractivity contribution in [3.05, 3.63) is 53.9 Å². The molecule has 3 aromatic rings. The zero-order valence-electron chi connectivity index (χ0n) is 11.8. The van der Waals surface area contributed by atoms with Gasteiger partial charge in [-0.05, 0) is 42.8 Å². The van der Waals surface area contributed by atoms with E-state index in [4.69, 9.17) is 4.74 Å². The number of nitrogens with zero attached hydrogens (tertiary/aromatic N) is 1. The fourth-order valence-corrected chi connectivity index (χ4v) is 2.09. The van der Waals surface area contributed by atoms with E-state index in [0.717, 1.165) is 22.2 Å². The number of pyridine rings is 1. The quantitative estimate of drug-likeness (QED) is 0.775. The number of aromatic nitrogens is 2. The molecule has 5 heteroatoms. The maximum atomic E-state index is 12.2. The summed E-state index contributed by atoms with van der Waals surface area (Å²) >= 11 is 0. The van der Waals surface area contributed by atoms with E-state index in [1.807, 2.05) is 31.2 Å². The van der Waals surface area contributed by atoms with E-state index in [1.165, 1.54) is 0 Å². The number of anilines is 1. The minimum atomic E-state index is -0.221. The normalized spacial score (nSPS) is 10.6. The average Bonchev–Trinajstić information content (AvgIpc) is 2.92. The molecule has 0 aliphatic heterocycles. The van der Waals surface area contributed by atoms with Gasteiger partial charge in [0.15, 0.2) is 0 Å². The first-order valence-corrected chi connectivity index (χ1v) is 6.56. The number of H-pyrrole nitrogens is 1. The smallest absolute Gasteiger partial charge is 0.273 e. The molecule has 0 atom stereocenters. The maximum Gasteiger partial charge on any atom is 0.273 e. The van der Waals surface area contributed by atoms with Gasteiger partial charge in [0.2, 0.25) is 0 Å². The second-order valence-electron chi connectivity index (χ2n) is 4.81. The van der Waals surface area contributed by atoms with E-state index in [9.17, 15) is 4.79 Å². The van der Waals surface area contributed by atoms with Crippen LogP contribution in [-0.4, -0.2) is 23.0 Å². The fourth-order valence-electron chi connectivity index (χ4n) is 2.09. The third-order valence-corrected chi connectivity index (χ3v) is 3.23. The lowest BCUT2D eigenvalue weighted by Gasteiger charge is -2.02. The molecule has 5 nitrogen and oxygen atoms in total. The molecular formula is C16H15N3O2. The number of amides is 1. The van der Waals surface area contributed by atoms with Gasteiger partial charge in [-0.1, -0.05) is 6.07 Å². The molecule has 0 fully saturated rings. The van der Waals surface area contributed by atoms with Gasteiger partial charge >= 0.3 is 0 Å². The van der Waals surface area contributed by atoms with Gasteiger partial charge in [-0.25, -0.2) is 4.98 Å². The topological polar surface area (TPSA) is 67.0 Å². The minimum absolute atomic E-state index is 0.221. The molecule has 21 heavy (non-hydrogen) atoms. The first-order valence-electron chi connectivity index (χ1n) is 6.56. The van der Waals surface area contributed by atoms with Gasteiger partial charge in [0.25, 0.3) is 5.91 Å². The molecule has 0 radical (unpaired) electrons. The Bertz CT molecular complexity index is 791. The van der Waals surface area contributed by atoms with E-state index in [1.54, 1.807) is 25.4 Å². The van der Waals surface area contributed by atoms with Crippen LogP contribution in [0.4, 0.5) is 5.82 Å². The van der Waals surface area contributed by atoms with Crippen molar-refractivity contribution >= 4 is 22.6 Å². The Labute approximate surface area is 122 Å². The van der Waals surface area contributed by atoms with Gasteiger partial charge in [-0.3, -0.25) is 4.79 Å². The molecule has 0 spiro atoms. The lowest BCUT2D eigenvalue weighted by Crippen LogP contribution is -2.13. The van der Waals surface area contributed by atoms with Crippen LogP contribution in [0.25, 0.3) is 10.9 Å². The summed E-state index contributed by atoms with van der Waals surface area (Å²) in [6.07, 6.45) is 1.71. The monoisotopic (exact) mass is 281 g/mol. The predicted molar refractivity (Wildman–Crippen MR) is 81.8 cm³/mol. The number of benzene rings is 1. The standard InChI is InChI=1S/C16H15N3O2/c1-10-3-6-15(17-9-10)19-16(20)14-8-11-7-12(21-2)4-5-13(11)18-14/h3-9,18H,1-2H3,(H,17,19,20). The van der Waals surface area contributed by atoms with Crippen molar-refractivity contribution in [3.63, 3.8) is 0 Å². The summed E-state index contributed by atoms with van der Waals surface area (Å²) in [5.74, 6) is 1.07. The zero-order valence-corrected chi connectivity index (χ0v) is 11.8. The molecule has 106 valence electrons. The SMILES string of the molecule is COc1ccc2[nH]c(C(=O)Nc3ccc(C)cn3)cc2c1. The number of fused-ring (bicyclic) bond motifs is 1. The fraction of sp³-hybridized carbons (Fsp3) is 0.125. The van der Waals surface area contributed by atoms with Crippen LogP contribution in [0.3, 0.4) is 0 Å². The number of hydrogen-bond acceptors (Lipinski definition) is 3. The zero-order chi connectivity index (χ0) is 14.8. The summed E-state index contributed by atoms with van der Waals surface area (Å²) in [6.45, 7) is 1.95. The van der Waals surface area contributed by atoms with Crippen molar-refractivity contribution in [2.24, 2.45) is 0 Å². The molecule has 0 saturated heterocycles. The van der Waals surface area contributed by atoms with Crippen LogP contribution in [0, 0.1) is 6.92 Å². The lowest BCUT2D eigenvalue weighted by atomic mass is 10.2. The van der Waals surface area contributed by atoms with Gasteiger partial charge < -0.3 is 15.0 Å². The molecule has 1 aromatic carbocycles. The Morgan fingerprint density at radius 3 is 2.81 bits per heavy atom. The predicted octanol–water partition coefficient (Wildman–Crippen LogP) is 3.13. The molecule has 0 aliphatic rings. The minimum Gasteiger partial charge on any atom is -0.497 e. The molecule has 2 aromatic heterocycles. The van der Waals surface area contributed by atoms with Crippen molar-refractivity contribution in [2.75, 3.05) is 12.4 Å². The molecule has 2 N–H and O–H groups in total. The van der Waals surface area contributed by atoms with Crippen LogP contribution in [0.15, 0.2) is 42.6 Å². The van der Waals surface area contributed by atoms with Gasteiger partial charge in [-0.15, -0.1) is 0 Å². The third-order valence-electron chi connectivity index (χ3n) is 3.23. The van der Waals surface area contributed by atoms with Crippen LogP contribution in [0.5, 0.6) is 5.75 Å². The number of hydrogen-bond donors (Lipinski definition) is 2. The van der Waals surface area contributed by atoms with E-state index in [0.29, 0.717) is 11.5 Å². The number of aryl methyl sites for hydroxylation is 1. The number of rotatable bonds is 3. The highest BCUT2D eigenvalue weighted by Gasteiger charge is 2.10. The van der Waals surface area contributed by atoms with E-state index < -0.39 is 0 Å². The molecule has 0 aliphatic carbocycles. The average molecular weight is 281 g/mol. The van der Waals surface area contributed by atoms with Crippen LogP contribution in [0.1, 0.15) is 16.1 Å². The Hall–Kier alpha value is -2.82. The second-order valence-corrected chi connectivity index (χ2v) is 4.81. The van der Waals surface area contributed by atoms with E-state index in [2.05, 4.69) is 15.3 Å². The van der Waals surface area contributed by atoms with Gasteiger partial charge in [0.05, 0.1) is 7.11 Å². The van der Waals surface area contributed by atoms with Crippen LogP contribution < -0.4 is 10.1 Å². The Morgan fingerprint density at radius 1 is 1.24 bits per heavy atom. The summed E-state index contributed by atoms with van der Waals surface area (Å²) < 4.78 is 5.17. The number of ether oxygens (including phenoxy) is 1. The van der Waals surface area contributed by atoms with Crippen molar-refractivity contribution in [1.82, 2.24) is 9.97 Å². The highest BCUT2D eigenvalue weighted by molar-refractivity contribution is 6.05. The molecule has 0 unspecified atom stereocenters. The van der Waals surface area contributed by atoms with Crippen molar-refractivity contribution in [2.45, 2.75) is 6.92 Å². The van der Waals surface area contributed by atoms with E-state index >= 15 is 0 Å². The first-order chi connectivity index (χ1) is 10.2. The molecule has 3 rings (SSSR count). The summed E-state index contributed by atoms with van der Waals surface area (Å²) in [4.78, 5) is 19.5. The highest BCUT2D eigenvalue weighted by Crippen LogP contribution is 2.21. The number of nitrogens with one attached hydrogen (secondary N) is 2. The molecular weight excluding hydrogens is 266 g/mol. The van der Waals surface area contributed by atoms with Crippen molar-refractivity contribution < 1.29 is 9.53 Å². The summed E-state index contributed by atoms with van der Waals surface area (Å²) in [5.41, 5.74) is 2.42. The largest absolute Gasteiger partial charge is 0.497 e. The molecule has 2 heterocycles. The first kappa shape index (κ1) is 13.2. The number of carbonyl (C=O) groups excluding carboxylic acids is 1. The van der Waals surface area contributed by atoms with Gasteiger partial charge in [-0.2, -0.15) is 0 Å². The Balaban J connectivity index is 1.85. The molecule has 0 saturated carbocycles. The van der Waals surface area contributed by atoms with Crippen LogP contribution in [-0.2, 0) is 0 Å². The van der Waals surface area contributed by atoms with Crippen LogP contribution >= 0.6 is 0 Å². The number of methoxy groups -OCH3 is 1. The number of aromatic amines is 1. The summed E-state index contributed by atoms with van der Waals surface area (Å²) in [5, 5.41) is 3.69.